The number of hydrogen-bond acceptors (Lipinski definition) is 1. The summed E-state index contributed by atoms with van der Waals surface area (Å²) in [6, 6.07) is 11.9. The van der Waals surface area contributed by atoms with E-state index in [1.807, 2.05) is 42.7 Å². The summed E-state index contributed by atoms with van der Waals surface area (Å²) in [6.07, 6.45) is 3.06. The van der Waals surface area contributed by atoms with Gasteiger partial charge in [0, 0.05) is 24.1 Å². The van der Waals surface area contributed by atoms with Gasteiger partial charge in [0.15, 0.2) is 11.9 Å². The highest BCUT2D eigenvalue weighted by Crippen LogP contribution is 2.05. The molecule has 0 fully saturated rings. The largest absolute Gasteiger partial charge is 0.287 e. The monoisotopic (exact) mass is 254 g/mol. The van der Waals surface area contributed by atoms with Crippen LogP contribution < -0.4 is 4.57 Å². The molecule has 98 valence electrons. The predicted octanol–water partition coefficient (Wildman–Crippen LogP) is 3.04. The standard InChI is InChI=1S/C17H20NO/c1-4-15-8-7-14(3)18(11-15)12-17(19)16-9-5-13(2)6-10-16/h5-11H,4,12H2,1-3H3/q+1. The first-order chi connectivity index (χ1) is 9.10. The third-order valence-electron chi connectivity index (χ3n) is 3.41. The third kappa shape index (κ3) is 3.28. The number of aromatic nitrogens is 1. The van der Waals surface area contributed by atoms with Crippen LogP contribution in [0.25, 0.3) is 0 Å². The number of aryl methyl sites for hydroxylation is 3. The lowest BCUT2D eigenvalue weighted by Crippen LogP contribution is -2.41. The first kappa shape index (κ1) is 13.5. The van der Waals surface area contributed by atoms with Crippen LogP contribution in [-0.4, -0.2) is 5.78 Å². The number of pyridine rings is 1. The first-order valence-corrected chi connectivity index (χ1v) is 6.69. The van der Waals surface area contributed by atoms with Gasteiger partial charge >= 0.3 is 0 Å². The van der Waals surface area contributed by atoms with E-state index in [0.717, 1.165) is 17.7 Å². The molecule has 2 rings (SSSR count). The quantitative estimate of drug-likeness (QED) is 0.607. The van der Waals surface area contributed by atoms with E-state index >= 15 is 0 Å². The molecule has 0 aliphatic carbocycles. The Balaban J connectivity index is 2.21. The van der Waals surface area contributed by atoms with Gasteiger partial charge in [-0.15, -0.1) is 0 Å². The van der Waals surface area contributed by atoms with E-state index in [2.05, 4.69) is 25.3 Å². The van der Waals surface area contributed by atoms with Gasteiger partial charge in [0.05, 0.1) is 0 Å². The Labute approximate surface area is 114 Å². The molecule has 0 unspecified atom stereocenters. The van der Waals surface area contributed by atoms with E-state index in [1.165, 1.54) is 11.1 Å². The topological polar surface area (TPSA) is 20.9 Å². The van der Waals surface area contributed by atoms with Crippen LogP contribution in [0.5, 0.6) is 0 Å². The molecule has 1 heterocycles. The highest BCUT2D eigenvalue weighted by Gasteiger charge is 2.14. The Morgan fingerprint density at radius 1 is 1.05 bits per heavy atom. The predicted molar refractivity (Wildman–Crippen MR) is 76.3 cm³/mol. The van der Waals surface area contributed by atoms with Crippen molar-refractivity contribution in [3.63, 3.8) is 0 Å². The zero-order valence-electron chi connectivity index (χ0n) is 11.8. The maximum atomic E-state index is 12.3. The summed E-state index contributed by atoms with van der Waals surface area (Å²) in [5.41, 5.74) is 4.31. The number of nitrogens with zero attached hydrogens (tertiary/aromatic N) is 1. The fourth-order valence-electron chi connectivity index (χ4n) is 2.03. The molecule has 0 aliphatic heterocycles. The van der Waals surface area contributed by atoms with E-state index in [1.54, 1.807) is 0 Å². The fraction of sp³-hybridized carbons (Fsp3) is 0.294. The molecule has 1 aromatic heterocycles. The van der Waals surface area contributed by atoms with Crippen molar-refractivity contribution in [1.82, 2.24) is 0 Å². The molecule has 19 heavy (non-hydrogen) atoms. The summed E-state index contributed by atoms with van der Waals surface area (Å²) in [4.78, 5) is 12.3. The van der Waals surface area contributed by atoms with Crippen molar-refractivity contribution in [3.8, 4) is 0 Å². The van der Waals surface area contributed by atoms with E-state index < -0.39 is 0 Å². The van der Waals surface area contributed by atoms with Crippen LogP contribution in [-0.2, 0) is 13.0 Å². The minimum atomic E-state index is 0.154. The van der Waals surface area contributed by atoms with Gasteiger partial charge in [-0.25, -0.2) is 0 Å². The Kier molecular flexibility index (Phi) is 4.10. The number of hydrogen-bond donors (Lipinski definition) is 0. The Morgan fingerprint density at radius 3 is 2.37 bits per heavy atom. The number of ketones is 1. The second-order valence-corrected chi connectivity index (χ2v) is 4.95. The Morgan fingerprint density at radius 2 is 1.74 bits per heavy atom. The average Bonchev–Trinajstić information content (AvgIpc) is 2.42. The number of carbonyl (C=O) groups excluding carboxylic acids is 1. The lowest BCUT2D eigenvalue weighted by Gasteiger charge is -2.03. The molecular weight excluding hydrogens is 234 g/mol. The maximum absolute atomic E-state index is 12.3. The molecule has 0 aliphatic rings. The van der Waals surface area contributed by atoms with Crippen molar-refractivity contribution in [1.29, 1.82) is 0 Å². The molecule has 0 spiro atoms. The molecule has 2 aromatic rings. The fourth-order valence-corrected chi connectivity index (χ4v) is 2.03. The van der Waals surface area contributed by atoms with Gasteiger partial charge in [0.2, 0.25) is 12.3 Å². The van der Waals surface area contributed by atoms with Crippen LogP contribution in [0.15, 0.2) is 42.6 Å². The van der Waals surface area contributed by atoms with Gasteiger partial charge in [-0.1, -0.05) is 36.8 Å². The van der Waals surface area contributed by atoms with Gasteiger partial charge in [0.25, 0.3) is 0 Å². The van der Waals surface area contributed by atoms with Gasteiger partial charge in [0.1, 0.15) is 0 Å². The average molecular weight is 254 g/mol. The zero-order chi connectivity index (χ0) is 13.8. The molecule has 0 bridgehead atoms. The van der Waals surface area contributed by atoms with Crippen molar-refractivity contribution in [2.45, 2.75) is 33.7 Å². The highest BCUT2D eigenvalue weighted by atomic mass is 16.1. The van der Waals surface area contributed by atoms with Crippen LogP contribution >= 0.6 is 0 Å². The number of carbonyl (C=O) groups is 1. The smallest absolute Gasteiger partial charge is 0.227 e. The van der Waals surface area contributed by atoms with Crippen LogP contribution in [0.4, 0.5) is 0 Å². The molecule has 0 atom stereocenters. The third-order valence-corrected chi connectivity index (χ3v) is 3.41. The van der Waals surface area contributed by atoms with Gasteiger partial charge in [-0.05, 0) is 19.4 Å². The molecule has 2 nitrogen and oxygen atoms in total. The van der Waals surface area contributed by atoms with Crippen LogP contribution in [0.3, 0.4) is 0 Å². The van der Waals surface area contributed by atoms with Crippen molar-refractivity contribution < 1.29 is 9.36 Å². The Hall–Kier alpha value is -1.96. The molecule has 2 heteroatoms. The van der Waals surface area contributed by atoms with E-state index in [-0.39, 0.29) is 5.78 Å². The van der Waals surface area contributed by atoms with Crippen LogP contribution in [0, 0.1) is 13.8 Å². The molecule has 0 saturated heterocycles. The summed E-state index contributed by atoms with van der Waals surface area (Å²) in [7, 11) is 0. The number of rotatable bonds is 4. The highest BCUT2D eigenvalue weighted by molar-refractivity contribution is 5.95. The van der Waals surface area contributed by atoms with Gasteiger partial charge in [-0.2, -0.15) is 4.57 Å². The van der Waals surface area contributed by atoms with E-state index in [9.17, 15) is 4.79 Å². The minimum absolute atomic E-state index is 0.154. The van der Waals surface area contributed by atoms with Gasteiger partial charge in [-0.3, -0.25) is 4.79 Å². The summed E-state index contributed by atoms with van der Waals surface area (Å²) < 4.78 is 2.03. The zero-order valence-corrected chi connectivity index (χ0v) is 11.8. The molecule has 1 aromatic carbocycles. The normalized spacial score (nSPS) is 10.5. The number of Topliss-reactive ketones (excluding diaryl/α,β-unsaturated/α-hetero) is 1. The molecule has 0 amide bonds. The summed E-state index contributed by atoms with van der Waals surface area (Å²) in [5, 5.41) is 0. The van der Waals surface area contributed by atoms with E-state index in [4.69, 9.17) is 0 Å². The lowest BCUT2D eigenvalue weighted by atomic mass is 10.1. The summed E-state index contributed by atoms with van der Waals surface area (Å²) >= 11 is 0. The minimum Gasteiger partial charge on any atom is -0.287 e. The van der Waals surface area contributed by atoms with Gasteiger partial charge < -0.3 is 0 Å². The molecule has 0 radical (unpaired) electrons. The van der Waals surface area contributed by atoms with Crippen molar-refractivity contribution in [3.05, 3.63) is 65.0 Å². The molecular formula is C17H20NO+. The summed E-state index contributed by atoms with van der Waals surface area (Å²) in [6.45, 7) is 6.58. The van der Waals surface area contributed by atoms with E-state index in [0.29, 0.717) is 6.54 Å². The molecule has 0 N–H and O–H groups in total. The van der Waals surface area contributed by atoms with Crippen molar-refractivity contribution in [2.24, 2.45) is 0 Å². The van der Waals surface area contributed by atoms with Crippen LogP contribution in [0.1, 0.15) is 34.1 Å². The first-order valence-electron chi connectivity index (χ1n) is 6.69. The Bertz CT molecular complexity index is 585. The second kappa shape index (κ2) is 5.79. The van der Waals surface area contributed by atoms with Crippen molar-refractivity contribution in [2.75, 3.05) is 0 Å². The van der Waals surface area contributed by atoms with Crippen LogP contribution in [0.2, 0.25) is 0 Å². The number of benzene rings is 1. The second-order valence-electron chi connectivity index (χ2n) is 4.95. The maximum Gasteiger partial charge on any atom is 0.227 e. The molecule has 0 saturated carbocycles. The summed E-state index contributed by atoms with van der Waals surface area (Å²) in [5.74, 6) is 0.154. The lowest BCUT2D eigenvalue weighted by molar-refractivity contribution is -0.689. The van der Waals surface area contributed by atoms with Crippen molar-refractivity contribution >= 4 is 5.78 Å². The SMILES string of the molecule is CCc1ccc(C)[n+](CC(=O)c2ccc(C)cc2)c1.